The number of halogens is 1. The molecule has 18 heavy (non-hydrogen) atoms. The molecule has 5 nitrogen and oxygen atoms in total. The number of nitrogens with two attached hydrogens (primary N) is 1. The molecule has 0 aliphatic rings. The van der Waals surface area contributed by atoms with Crippen LogP contribution in [0.5, 0.6) is 5.75 Å². The van der Waals surface area contributed by atoms with Gasteiger partial charge in [0.2, 0.25) is 5.95 Å². The molecule has 0 aliphatic heterocycles. The van der Waals surface area contributed by atoms with E-state index in [1.807, 2.05) is 19.1 Å². The molecular formula is C12H13FN4O. The van der Waals surface area contributed by atoms with E-state index in [0.717, 1.165) is 11.8 Å². The number of nitrogens with zero attached hydrogens (tertiary/aromatic N) is 2. The Morgan fingerprint density at radius 3 is 2.89 bits per heavy atom. The molecule has 1 aromatic carbocycles. The summed E-state index contributed by atoms with van der Waals surface area (Å²) in [6.07, 6.45) is 1.02. The molecule has 6 heteroatoms. The molecule has 0 radical (unpaired) electrons. The van der Waals surface area contributed by atoms with E-state index in [0.29, 0.717) is 11.4 Å². The fourth-order valence-corrected chi connectivity index (χ4v) is 1.52. The molecule has 0 amide bonds. The van der Waals surface area contributed by atoms with E-state index in [2.05, 4.69) is 15.3 Å². The van der Waals surface area contributed by atoms with Crippen LogP contribution >= 0.6 is 0 Å². The van der Waals surface area contributed by atoms with Crippen LogP contribution in [0.2, 0.25) is 0 Å². The minimum Gasteiger partial charge on any atom is -0.495 e. The van der Waals surface area contributed by atoms with E-state index in [1.54, 1.807) is 13.2 Å². The van der Waals surface area contributed by atoms with Crippen molar-refractivity contribution in [1.82, 2.24) is 9.97 Å². The van der Waals surface area contributed by atoms with Gasteiger partial charge < -0.3 is 15.8 Å². The second-order valence-corrected chi connectivity index (χ2v) is 3.75. The molecule has 0 spiro atoms. The zero-order valence-electron chi connectivity index (χ0n) is 10.1. The van der Waals surface area contributed by atoms with Crippen molar-refractivity contribution in [2.75, 3.05) is 18.2 Å². The second-order valence-electron chi connectivity index (χ2n) is 3.75. The van der Waals surface area contributed by atoms with Gasteiger partial charge in [-0.05, 0) is 24.6 Å². The number of hydrogen-bond donors (Lipinski definition) is 2. The predicted octanol–water partition coefficient (Wildman–Crippen LogP) is 2.26. The van der Waals surface area contributed by atoms with Crippen LogP contribution in [0.3, 0.4) is 0 Å². The summed E-state index contributed by atoms with van der Waals surface area (Å²) < 4.78 is 18.7. The van der Waals surface area contributed by atoms with Crippen LogP contribution in [0.25, 0.3) is 0 Å². The summed E-state index contributed by atoms with van der Waals surface area (Å²) >= 11 is 0. The van der Waals surface area contributed by atoms with Crippen LogP contribution in [0, 0.1) is 12.7 Å². The molecule has 0 atom stereocenters. The lowest BCUT2D eigenvalue weighted by molar-refractivity contribution is 0.416. The number of hydrogen-bond acceptors (Lipinski definition) is 5. The number of nitrogens with one attached hydrogen (secondary N) is 1. The minimum absolute atomic E-state index is 0.00511. The van der Waals surface area contributed by atoms with Gasteiger partial charge >= 0.3 is 0 Å². The quantitative estimate of drug-likeness (QED) is 0.871. The number of benzene rings is 1. The van der Waals surface area contributed by atoms with Crippen molar-refractivity contribution < 1.29 is 9.13 Å². The maximum atomic E-state index is 13.5. The Hall–Kier alpha value is -2.37. The van der Waals surface area contributed by atoms with Gasteiger partial charge in [0.05, 0.1) is 19.0 Å². The van der Waals surface area contributed by atoms with Crippen molar-refractivity contribution in [1.29, 1.82) is 0 Å². The highest BCUT2D eigenvalue weighted by Crippen LogP contribution is 2.28. The number of rotatable bonds is 3. The predicted molar refractivity (Wildman–Crippen MR) is 67.4 cm³/mol. The average Bonchev–Trinajstić information content (AvgIpc) is 2.34. The van der Waals surface area contributed by atoms with Gasteiger partial charge in [0.25, 0.3) is 0 Å². The molecule has 2 rings (SSSR count). The normalized spacial score (nSPS) is 10.2. The maximum Gasteiger partial charge on any atom is 0.222 e. The summed E-state index contributed by atoms with van der Waals surface area (Å²) in [4.78, 5) is 7.36. The first kappa shape index (κ1) is 12.1. The van der Waals surface area contributed by atoms with Gasteiger partial charge in [-0.3, -0.25) is 0 Å². The van der Waals surface area contributed by atoms with Crippen LogP contribution in [0.4, 0.5) is 21.8 Å². The highest BCUT2D eigenvalue weighted by atomic mass is 19.1. The van der Waals surface area contributed by atoms with Gasteiger partial charge in [-0.1, -0.05) is 6.07 Å². The van der Waals surface area contributed by atoms with E-state index in [1.165, 1.54) is 0 Å². The lowest BCUT2D eigenvalue weighted by Crippen LogP contribution is -2.03. The highest BCUT2D eigenvalue weighted by Gasteiger charge is 2.09. The molecule has 0 unspecified atom stereocenters. The number of aromatic nitrogens is 2. The monoisotopic (exact) mass is 248 g/mol. The number of ether oxygens (including phenoxy) is 1. The van der Waals surface area contributed by atoms with Gasteiger partial charge in [-0.2, -0.15) is 4.98 Å². The first-order chi connectivity index (χ1) is 8.60. The molecule has 2 aromatic rings. The van der Waals surface area contributed by atoms with E-state index in [9.17, 15) is 4.39 Å². The number of anilines is 3. The molecule has 0 fully saturated rings. The van der Waals surface area contributed by atoms with Crippen LogP contribution in [0.1, 0.15) is 5.56 Å². The SMILES string of the molecule is COc1ccc(C)cc1Nc1nc(N)ncc1F. The highest BCUT2D eigenvalue weighted by molar-refractivity contribution is 5.65. The standard InChI is InChI=1S/C12H13FN4O/c1-7-3-4-10(18-2)9(5-7)16-11-8(13)6-15-12(14)17-11/h3-6H,1-2H3,(H3,14,15,16,17). The number of aryl methyl sites for hydroxylation is 1. The Morgan fingerprint density at radius 1 is 1.39 bits per heavy atom. The Bertz CT molecular complexity index is 574. The maximum absolute atomic E-state index is 13.5. The third kappa shape index (κ3) is 2.48. The van der Waals surface area contributed by atoms with Crippen molar-refractivity contribution in [3.63, 3.8) is 0 Å². The Kier molecular flexibility index (Phi) is 3.27. The summed E-state index contributed by atoms with van der Waals surface area (Å²) in [5, 5.41) is 2.84. The van der Waals surface area contributed by atoms with E-state index in [4.69, 9.17) is 10.5 Å². The van der Waals surface area contributed by atoms with Crippen molar-refractivity contribution in [2.45, 2.75) is 6.92 Å². The van der Waals surface area contributed by atoms with Crippen molar-refractivity contribution >= 4 is 17.5 Å². The smallest absolute Gasteiger partial charge is 0.222 e. The number of nitrogen functional groups attached to an aromatic ring is 1. The third-order valence-electron chi connectivity index (χ3n) is 2.37. The molecule has 1 heterocycles. The molecule has 0 saturated carbocycles. The molecule has 0 saturated heterocycles. The molecular weight excluding hydrogens is 235 g/mol. The fourth-order valence-electron chi connectivity index (χ4n) is 1.52. The first-order valence-corrected chi connectivity index (χ1v) is 5.30. The van der Waals surface area contributed by atoms with Gasteiger partial charge in [0, 0.05) is 0 Å². The summed E-state index contributed by atoms with van der Waals surface area (Å²) in [7, 11) is 1.54. The zero-order chi connectivity index (χ0) is 13.1. The molecule has 3 N–H and O–H groups in total. The van der Waals surface area contributed by atoms with Crippen LogP contribution < -0.4 is 15.8 Å². The van der Waals surface area contributed by atoms with Crippen LogP contribution in [0.15, 0.2) is 24.4 Å². The molecule has 0 aliphatic carbocycles. The lowest BCUT2D eigenvalue weighted by Gasteiger charge is -2.11. The summed E-state index contributed by atoms with van der Waals surface area (Å²) in [5.74, 6) is 0.0434. The van der Waals surface area contributed by atoms with Crippen LogP contribution in [-0.4, -0.2) is 17.1 Å². The largest absolute Gasteiger partial charge is 0.495 e. The number of methoxy groups -OCH3 is 1. The van der Waals surface area contributed by atoms with Gasteiger partial charge in [0.1, 0.15) is 5.75 Å². The average molecular weight is 248 g/mol. The summed E-state index contributed by atoms with van der Waals surface area (Å²) in [5.41, 5.74) is 7.06. The first-order valence-electron chi connectivity index (χ1n) is 5.30. The second kappa shape index (κ2) is 4.87. The van der Waals surface area contributed by atoms with E-state index >= 15 is 0 Å². The summed E-state index contributed by atoms with van der Waals surface area (Å²) in [6.45, 7) is 1.93. The minimum atomic E-state index is -0.576. The van der Waals surface area contributed by atoms with Crippen molar-refractivity contribution in [2.24, 2.45) is 0 Å². The van der Waals surface area contributed by atoms with Gasteiger partial charge in [0.15, 0.2) is 11.6 Å². The molecule has 0 bridgehead atoms. The lowest BCUT2D eigenvalue weighted by atomic mass is 10.2. The van der Waals surface area contributed by atoms with Gasteiger partial charge in [-0.15, -0.1) is 0 Å². The zero-order valence-corrected chi connectivity index (χ0v) is 10.1. The molecule has 94 valence electrons. The van der Waals surface area contributed by atoms with Crippen molar-refractivity contribution in [3.8, 4) is 5.75 Å². The van der Waals surface area contributed by atoms with Gasteiger partial charge in [-0.25, -0.2) is 9.37 Å². The van der Waals surface area contributed by atoms with E-state index < -0.39 is 5.82 Å². The topological polar surface area (TPSA) is 73.1 Å². The summed E-state index contributed by atoms with van der Waals surface area (Å²) in [6, 6.07) is 5.52. The Balaban J connectivity index is 2.38. The third-order valence-corrected chi connectivity index (χ3v) is 2.37. The molecule has 1 aromatic heterocycles. The fraction of sp³-hybridized carbons (Fsp3) is 0.167. The Labute approximate surface area is 104 Å². The van der Waals surface area contributed by atoms with Crippen LogP contribution in [-0.2, 0) is 0 Å². The van der Waals surface area contributed by atoms with E-state index in [-0.39, 0.29) is 11.8 Å². The van der Waals surface area contributed by atoms with Crippen molar-refractivity contribution in [3.05, 3.63) is 35.8 Å². The Morgan fingerprint density at radius 2 is 2.17 bits per heavy atom.